The summed E-state index contributed by atoms with van der Waals surface area (Å²) in [5.41, 5.74) is 1.88. The summed E-state index contributed by atoms with van der Waals surface area (Å²) >= 11 is 0. The Labute approximate surface area is 150 Å². The first kappa shape index (κ1) is 19.6. The largest absolute Gasteiger partial charge is 0.484 e. The summed E-state index contributed by atoms with van der Waals surface area (Å²) in [5.74, 6) is 0.822. The molecule has 26 heavy (non-hydrogen) atoms. The highest BCUT2D eigenvalue weighted by molar-refractivity contribution is 5.79. The topological polar surface area (TPSA) is 63.5 Å². The highest BCUT2D eigenvalue weighted by Gasteiger charge is 2.28. The van der Waals surface area contributed by atoms with Gasteiger partial charge in [-0.2, -0.15) is 18.3 Å². The SMILES string of the molecule is CCNC(=NCc1ccc(OCC(F)(F)F)cc1)NCc1ccnn1C. The van der Waals surface area contributed by atoms with Crippen molar-refractivity contribution in [3.8, 4) is 5.75 Å². The molecule has 9 heteroatoms. The van der Waals surface area contributed by atoms with Crippen LogP contribution in [-0.2, 0) is 20.1 Å². The lowest BCUT2D eigenvalue weighted by molar-refractivity contribution is -0.153. The molecule has 2 aromatic rings. The summed E-state index contributed by atoms with van der Waals surface area (Å²) < 4.78 is 42.9. The number of hydrogen-bond donors (Lipinski definition) is 2. The van der Waals surface area contributed by atoms with Crippen molar-refractivity contribution < 1.29 is 17.9 Å². The fourth-order valence-electron chi connectivity index (χ4n) is 2.12. The van der Waals surface area contributed by atoms with E-state index in [1.54, 1.807) is 23.0 Å². The first-order chi connectivity index (χ1) is 12.4. The number of halogens is 3. The van der Waals surface area contributed by atoms with Crippen molar-refractivity contribution in [3.05, 3.63) is 47.8 Å². The highest BCUT2D eigenvalue weighted by Crippen LogP contribution is 2.19. The molecule has 0 aliphatic heterocycles. The zero-order valence-corrected chi connectivity index (χ0v) is 14.7. The van der Waals surface area contributed by atoms with E-state index in [0.717, 1.165) is 11.3 Å². The van der Waals surface area contributed by atoms with Gasteiger partial charge in [0.1, 0.15) is 5.75 Å². The monoisotopic (exact) mass is 369 g/mol. The fraction of sp³-hybridized carbons (Fsp3) is 0.412. The van der Waals surface area contributed by atoms with E-state index < -0.39 is 12.8 Å². The Morgan fingerprint density at radius 1 is 1.19 bits per heavy atom. The van der Waals surface area contributed by atoms with Gasteiger partial charge in [0.25, 0.3) is 0 Å². The van der Waals surface area contributed by atoms with Crippen molar-refractivity contribution in [2.24, 2.45) is 12.0 Å². The number of nitrogens with zero attached hydrogens (tertiary/aromatic N) is 3. The Morgan fingerprint density at radius 2 is 1.92 bits per heavy atom. The molecule has 0 spiro atoms. The molecule has 0 saturated carbocycles. The average Bonchev–Trinajstić information content (AvgIpc) is 3.01. The summed E-state index contributed by atoms with van der Waals surface area (Å²) in [7, 11) is 1.86. The lowest BCUT2D eigenvalue weighted by Gasteiger charge is -2.12. The first-order valence-electron chi connectivity index (χ1n) is 8.15. The smallest absolute Gasteiger partial charge is 0.422 e. The van der Waals surface area contributed by atoms with Crippen LogP contribution in [0.2, 0.25) is 0 Å². The minimum absolute atomic E-state index is 0.177. The van der Waals surface area contributed by atoms with Crippen molar-refractivity contribution in [3.63, 3.8) is 0 Å². The van der Waals surface area contributed by atoms with Crippen LogP contribution < -0.4 is 15.4 Å². The number of hydrogen-bond acceptors (Lipinski definition) is 3. The second-order valence-electron chi connectivity index (χ2n) is 5.54. The average molecular weight is 369 g/mol. The number of nitrogens with one attached hydrogen (secondary N) is 2. The molecule has 0 atom stereocenters. The Hall–Kier alpha value is -2.71. The van der Waals surface area contributed by atoms with Gasteiger partial charge in [0.05, 0.1) is 18.8 Å². The van der Waals surface area contributed by atoms with Gasteiger partial charge >= 0.3 is 6.18 Å². The molecule has 1 aromatic carbocycles. The molecule has 0 bridgehead atoms. The van der Waals surface area contributed by atoms with Crippen LogP contribution in [0.25, 0.3) is 0 Å². The molecular formula is C17H22F3N5O. The molecule has 1 heterocycles. The van der Waals surface area contributed by atoms with Gasteiger partial charge in [0.2, 0.25) is 0 Å². The number of ether oxygens (including phenoxy) is 1. The van der Waals surface area contributed by atoms with Gasteiger partial charge < -0.3 is 15.4 Å². The van der Waals surface area contributed by atoms with Crippen molar-refractivity contribution in [1.29, 1.82) is 0 Å². The highest BCUT2D eigenvalue weighted by atomic mass is 19.4. The third-order valence-corrected chi connectivity index (χ3v) is 3.45. The van der Waals surface area contributed by atoms with Crippen LogP contribution in [0.15, 0.2) is 41.5 Å². The molecule has 0 unspecified atom stereocenters. The molecule has 6 nitrogen and oxygen atoms in total. The standard InChI is InChI=1S/C17H22F3N5O/c1-3-21-16(23-11-14-8-9-24-25(14)2)22-10-13-4-6-15(7-5-13)26-12-17(18,19)20/h4-9H,3,10-12H2,1-2H3,(H2,21,22,23). The Morgan fingerprint density at radius 3 is 2.50 bits per heavy atom. The van der Waals surface area contributed by atoms with Gasteiger partial charge in [-0.3, -0.25) is 4.68 Å². The lowest BCUT2D eigenvalue weighted by Crippen LogP contribution is -2.37. The first-order valence-corrected chi connectivity index (χ1v) is 8.15. The third-order valence-electron chi connectivity index (χ3n) is 3.45. The van der Waals surface area contributed by atoms with E-state index in [4.69, 9.17) is 0 Å². The predicted octanol–water partition coefficient (Wildman–Crippen LogP) is 2.62. The maximum atomic E-state index is 12.1. The van der Waals surface area contributed by atoms with Crippen LogP contribution in [0.1, 0.15) is 18.2 Å². The van der Waals surface area contributed by atoms with Crippen LogP contribution in [0, 0.1) is 0 Å². The van der Waals surface area contributed by atoms with Gasteiger partial charge in [0.15, 0.2) is 12.6 Å². The van der Waals surface area contributed by atoms with Crippen molar-refractivity contribution in [2.45, 2.75) is 26.2 Å². The van der Waals surface area contributed by atoms with Crippen LogP contribution in [-0.4, -0.2) is 35.1 Å². The number of rotatable bonds is 7. The van der Waals surface area contributed by atoms with Gasteiger partial charge in [-0.25, -0.2) is 4.99 Å². The lowest BCUT2D eigenvalue weighted by atomic mass is 10.2. The van der Waals surface area contributed by atoms with Crippen LogP contribution in [0.3, 0.4) is 0 Å². The van der Waals surface area contributed by atoms with Gasteiger partial charge in [0, 0.05) is 19.8 Å². The maximum Gasteiger partial charge on any atom is 0.422 e. The summed E-state index contributed by atoms with van der Waals surface area (Å²) in [6.07, 6.45) is -2.62. The van der Waals surface area contributed by atoms with Crippen LogP contribution in [0.5, 0.6) is 5.75 Å². The van der Waals surface area contributed by atoms with E-state index in [0.29, 0.717) is 25.6 Å². The van der Waals surface area contributed by atoms with E-state index in [1.807, 2.05) is 20.0 Å². The van der Waals surface area contributed by atoms with E-state index in [2.05, 4.69) is 25.5 Å². The summed E-state index contributed by atoms with van der Waals surface area (Å²) in [5, 5.41) is 10.5. The Balaban J connectivity index is 1.90. The molecule has 0 fully saturated rings. The molecule has 0 saturated heterocycles. The summed E-state index contributed by atoms with van der Waals surface area (Å²) in [4.78, 5) is 4.47. The van der Waals surface area contributed by atoms with Crippen molar-refractivity contribution in [2.75, 3.05) is 13.2 Å². The van der Waals surface area contributed by atoms with Gasteiger partial charge in [-0.15, -0.1) is 0 Å². The molecule has 2 rings (SSSR count). The minimum atomic E-state index is -4.34. The van der Waals surface area contributed by atoms with E-state index >= 15 is 0 Å². The Bertz CT molecular complexity index is 710. The quantitative estimate of drug-likeness (QED) is 0.582. The molecule has 0 aliphatic carbocycles. The number of guanidine groups is 1. The van der Waals surface area contributed by atoms with Gasteiger partial charge in [-0.1, -0.05) is 12.1 Å². The second kappa shape index (κ2) is 9.12. The molecule has 0 amide bonds. The summed E-state index contributed by atoms with van der Waals surface area (Å²) in [6, 6.07) is 8.31. The maximum absolute atomic E-state index is 12.1. The third kappa shape index (κ3) is 6.66. The number of benzene rings is 1. The van der Waals surface area contributed by atoms with Crippen molar-refractivity contribution >= 4 is 5.96 Å². The van der Waals surface area contributed by atoms with Crippen LogP contribution >= 0.6 is 0 Å². The predicted molar refractivity (Wildman–Crippen MR) is 92.9 cm³/mol. The van der Waals surface area contributed by atoms with E-state index in [9.17, 15) is 13.2 Å². The van der Waals surface area contributed by atoms with Gasteiger partial charge in [-0.05, 0) is 30.7 Å². The van der Waals surface area contributed by atoms with Crippen molar-refractivity contribution in [1.82, 2.24) is 20.4 Å². The molecule has 1 aromatic heterocycles. The molecule has 2 N–H and O–H groups in total. The zero-order valence-electron chi connectivity index (χ0n) is 14.7. The number of alkyl halides is 3. The van der Waals surface area contributed by atoms with E-state index in [1.165, 1.54) is 12.1 Å². The van der Waals surface area contributed by atoms with Crippen LogP contribution in [0.4, 0.5) is 13.2 Å². The zero-order chi connectivity index (χ0) is 19.0. The number of aromatic nitrogens is 2. The fourth-order valence-corrected chi connectivity index (χ4v) is 2.12. The molecule has 0 aliphatic rings. The summed E-state index contributed by atoms with van der Waals surface area (Å²) in [6.45, 7) is 2.34. The Kier molecular flexibility index (Phi) is 6.88. The normalized spacial score (nSPS) is 12.1. The molecule has 142 valence electrons. The van der Waals surface area contributed by atoms with E-state index in [-0.39, 0.29) is 5.75 Å². The second-order valence-corrected chi connectivity index (χ2v) is 5.54. The molecular weight excluding hydrogens is 347 g/mol. The minimum Gasteiger partial charge on any atom is -0.484 e. The number of aryl methyl sites for hydroxylation is 1. The number of aliphatic imine (C=N–C) groups is 1. The molecule has 0 radical (unpaired) electrons.